The Morgan fingerprint density at radius 3 is 2.47 bits per heavy atom. The predicted molar refractivity (Wildman–Crippen MR) is 125 cm³/mol. The summed E-state index contributed by atoms with van der Waals surface area (Å²) in [5.74, 6) is -1.04. The fourth-order valence-electron chi connectivity index (χ4n) is 4.32. The number of carbonyl (C=O) groups is 2. The van der Waals surface area contributed by atoms with Crippen molar-refractivity contribution in [3.05, 3.63) is 77.5 Å². The first-order valence-electron chi connectivity index (χ1n) is 11.5. The number of piperidine rings is 1. The van der Waals surface area contributed by atoms with E-state index >= 15 is 0 Å². The zero-order chi connectivity index (χ0) is 24.1. The van der Waals surface area contributed by atoms with E-state index in [4.69, 9.17) is 0 Å². The third-order valence-corrected chi connectivity index (χ3v) is 6.24. The third kappa shape index (κ3) is 5.68. The van der Waals surface area contributed by atoms with Crippen LogP contribution in [0.15, 0.2) is 54.6 Å². The van der Waals surface area contributed by atoms with Gasteiger partial charge in [0.15, 0.2) is 0 Å². The fraction of sp³-hybridized carbons (Fsp3) is 0.346. The number of H-pyrrole nitrogens is 1. The molecule has 2 heterocycles. The maximum Gasteiger partial charge on any atom is 0.253 e. The van der Waals surface area contributed by atoms with Gasteiger partial charge in [0.25, 0.3) is 5.91 Å². The van der Waals surface area contributed by atoms with E-state index < -0.39 is 0 Å². The molecule has 6 nitrogen and oxygen atoms in total. The molecule has 0 radical (unpaired) electrons. The van der Waals surface area contributed by atoms with E-state index in [1.54, 1.807) is 29.0 Å². The van der Waals surface area contributed by atoms with Gasteiger partial charge in [0.2, 0.25) is 5.91 Å². The second-order valence-corrected chi connectivity index (χ2v) is 8.75. The van der Waals surface area contributed by atoms with Crippen LogP contribution in [-0.4, -0.2) is 58.5 Å². The second-order valence-electron chi connectivity index (χ2n) is 8.75. The van der Waals surface area contributed by atoms with Gasteiger partial charge in [-0.1, -0.05) is 0 Å². The minimum Gasteiger partial charge on any atom is -0.345 e. The van der Waals surface area contributed by atoms with Gasteiger partial charge >= 0.3 is 0 Å². The normalized spacial score (nSPS) is 15.9. The molecule has 1 saturated heterocycles. The number of aryl methyl sites for hydroxylation is 1. The molecule has 0 spiro atoms. The summed E-state index contributed by atoms with van der Waals surface area (Å²) in [5.41, 5.74) is 2.98. The first-order valence-corrected chi connectivity index (χ1v) is 11.5. The number of nitrogens with one attached hydrogen (secondary N) is 1. The predicted octanol–water partition coefficient (Wildman–Crippen LogP) is 4.30. The summed E-state index contributed by atoms with van der Waals surface area (Å²) in [6.07, 6.45) is 3.00. The molecule has 1 atom stereocenters. The van der Waals surface area contributed by atoms with E-state index in [1.165, 1.54) is 36.4 Å². The summed E-state index contributed by atoms with van der Waals surface area (Å²) in [6.45, 7) is 1.56. The Bertz CT molecular complexity index is 1130. The maximum absolute atomic E-state index is 13.2. The van der Waals surface area contributed by atoms with Crippen molar-refractivity contribution in [3.8, 4) is 11.3 Å². The molecule has 34 heavy (non-hydrogen) atoms. The minimum absolute atomic E-state index is 0.0354. The molecule has 1 aromatic heterocycles. The zero-order valence-electron chi connectivity index (χ0n) is 19.1. The molecule has 178 valence electrons. The minimum atomic E-state index is -0.383. The molecule has 1 aliphatic rings. The van der Waals surface area contributed by atoms with E-state index in [-0.39, 0.29) is 29.4 Å². The van der Waals surface area contributed by atoms with Crippen LogP contribution in [0.4, 0.5) is 8.78 Å². The van der Waals surface area contributed by atoms with Crippen molar-refractivity contribution >= 4 is 11.8 Å². The van der Waals surface area contributed by atoms with Gasteiger partial charge in [-0.25, -0.2) is 8.78 Å². The first kappa shape index (κ1) is 23.6. The van der Waals surface area contributed by atoms with Crippen LogP contribution < -0.4 is 0 Å². The number of aromatic nitrogens is 2. The van der Waals surface area contributed by atoms with E-state index in [0.717, 1.165) is 42.6 Å². The third-order valence-electron chi connectivity index (χ3n) is 6.24. The summed E-state index contributed by atoms with van der Waals surface area (Å²) in [5, 5.41) is 7.30. The fourth-order valence-corrected chi connectivity index (χ4v) is 4.32. The number of halogens is 2. The quantitative estimate of drug-likeness (QED) is 0.565. The lowest BCUT2D eigenvalue weighted by atomic mass is 9.96. The largest absolute Gasteiger partial charge is 0.345 e. The highest BCUT2D eigenvalue weighted by molar-refractivity contribution is 5.94. The molecule has 1 fully saturated rings. The highest BCUT2D eigenvalue weighted by Crippen LogP contribution is 2.22. The Labute approximate surface area is 197 Å². The topological polar surface area (TPSA) is 69.3 Å². The van der Waals surface area contributed by atoms with Gasteiger partial charge in [-0.2, -0.15) is 5.10 Å². The Morgan fingerprint density at radius 2 is 1.76 bits per heavy atom. The summed E-state index contributed by atoms with van der Waals surface area (Å²) >= 11 is 0. The van der Waals surface area contributed by atoms with Gasteiger partial charge in [0.05, 0.1) is 11.6 Å². The zero-order valence-corrected chi connectivity index (χ0v) is 19.1. The summed E-state index contributed by atoms with van der Waals surface area (Å²) < 4.78 is 26.3. The first-order chi connectivity index (χ1) is 16.4. The number of amides is 2. The van der Waals surface area contributed by atoms with Crippen LogP contribution in [0.3, 0.4) is 0 Å². The molecule has 1 aliphatic heterocycles. The summed E-state index contributed by atoms with van der Waals surface area (Å²) in [6, 6.07) is 13.6. The van der Waals surface area contributed by atoms with Crippen LogP contribution in [0, 0.1) is 17.6 Å². The molecule has 0 bridgehead atoms. The number of likely N-dealkylation sites (tertiary alicyclic amines) is 1. The lowest BCUT2D eigenvalue weighted by Gasteiger charge is -2.34. The molecule has 2 aromatic carbocycles. The number of carbonyl (C=O) groups excluding carboxylic acids is 2. The van der Waals surface area contributed by atoms with Crippen LogP contribution in [0.1, 0.15) is 35.3 Å². The van der Waals surface area contributed by atoms with Crippen molar-refractivity contribution < 1.29 is 18.4 Å². The smallest absolute Gasteiger partial charge is 0.253 e. The average Bonchev–Trinajstić information content (AvgIpc) is 3.33. The second kappa shape index (κ2) is 10.6. The highest BCUT2D eigenvalue weighted by atomic mass is 19.1. The number of rotatable bonds is 7. The monoisotopic (exact) mass is 466 g/mol. The van der Waals surface area contributed by atoms with E-state index in [0.29, 0.717) is 25.2 Å². The van der Waals surface area contributed by atoms with E-state index in [1.807, 2.05) is 6.07 Å². The molecule has 0 saturated carbocycles. The van der Waals surface area contributed by atoms with Crippen molar-refractivity contribution in [2.45, 2.75) is 25.7 Å². The number of aromatic amines is 1. The Hall–Kier alpha value is -3.55. The lowest BCUT2D eigenvalue weighted by Crippen LogP contribution is -2.46. The molecule has 3 aromatic rings. The Kier molecular flexibility index (Phi) is 7.35. The molecule has 0 aliphatic carbocycles. The van der Waals surface area contributed by atoms with Crippen molar-refractivity contribution in [2.24, 2.45) is 5.92 Å². The van der Waals surface area contributed by atoms with E-state index in [9.17, 15) is 18.4 Å². The van der Waals surface area contributed by atoms with Gasteiger partial charge in [-0.15, -0.1) is 0 Å². The van der Waals surface area contributed by atoms with Gasteiger partial charge in [0, 0.05) is 43.5 Å². The molecule has 4 rings (SSSR count). The molecule has 8 heteroatoms. The number of nitrogens with zero attached hydrogens (tertiary/aromatic N) is 3. The van der Waals surface area contributed by atoms with Crippen LogP contribution in [0.2, 0.25) is 0 Å². The molecule has 1 unspecified atom stereocenters. The van der Waals surface area contributed by atoms with Crippen LogP contribution in [0.5, 0.6) is 0 Å². The molecule has 1 N–H and O–H groups in total. The van der Waals surface area contributed by atoms with E-state index in [2.05, 4.69) is 10.2 Å². The van der Waals surface area contributed by atoms with Crippen molar-refractivity contribution in [3.63, 3.8) is 0 Å². The number of hydrogen-bond donors (Lipinski definition) is 1. The van der Waals surface area contributed by atoms with Crippen molar-refractivity contribution in [2.75, 3.05) is 26.7 Å². The van der Waals surface area contributed by atoms with Crippen LogP contribution >= 0.6 is 0 Å². The highest BCUT2D eigenvalue weighted by Gasteiger charge is 2.30. The van der Waals surface area contributed by atoms with Crippen molar-refractivity contribution in [1.82, 2.24) is 20.0 Å². The molecular weight excluding hydrogens is 438 g/mol. The lowest BCUT2D eigenvalue weighted by molar-refractivity contribution is -0.135. The van der Waals surface area contributed by atoms with Crippen LogP contribution in [0.25, 0.3) is 11.3 Å². The Morgan fingerprint density at radius 1 is 1.09 bits per heavy atom. The molecular formula is C26H28F2N4O2. The summed E-state index contributed by atoms with van der Waals surface area (Å²) in [7, 11) is 1.79. The standard InChI is InChI=1S/C26H28F2N4O2/c1-31(14-3-5-23-16-24(30-29-23)18-6-10-21(27)11-7-18)25(33)20-4-2-15-32(17-20)26(34)19-8-12-22(28)13-9-19/h6-13,16,20H,2-5,14-15,17H2,1H3,(H,29,30). The van der Waals surface area contributed by atoms with Crippen LogP contribution in [-0.2, 0) is 11.2 Å². The number of benzene rings is 2. The van der Waals surface area contributed by atoms with Gasteiger partial charge in [-0.3, -0.25) is 14.7 Å². The summed E-state index contributed by atoms with van der Waals surface area (Å²) in [4.78, 5) is 29.2. The average molecular weight is 467 g/mol. The van der Waals surface area contributed by atoms with Gasteiger partial charge < -0.3 is 9.80 Å². The molecule has 2 amide bonds. The Balaban J connectivity index is 1.26. The maximum atomic E-state index is 13.2. The van der Waals surface area contributed by atoms with Gasteiger partial charge in [-0.05, 0) is 80.3 Å². The number of hydrogen-bond acceptors (Lipinski definition) is 3. The SMILES string of the molecule is CN(CCCc1cc(-c2ccc(F)cc2)n[nH]1)C(=O)C1CCCN(C(=O)c2ccc(F)cc2)C1. The van der Waals surface area contributed by atoms with Crippen molar-refractivity contribution in [1.29, 1.82) is 0 Å². The van der Waals surface area contributed by atoms with Gasteiger partial charge in [0.1, 0.15) is 11.6 Å².